The van der Waals surface area contributed by atoms with Crippen LogP contribution in [0.25, 0.3) is 0 Å². The van der Waals surface area contributed by atoms with Gasteiger partial charge in [0.25, 0.3) is 5.67 Å². The number of carbonyl (C=O) groups excluding carboxylic acids is 1. The molecule has 0 fully saturated rings. The third-order valence-corrected chi connectivity index (χ3v) is 4.07. The van der Waals surface area contributed by atoms with E-state index in [0.29, 0.717) is 0 Å². The highest BCUT2D eigenvalue weighted by Gasteiger charge is 2.67. The molecule has 2 aromatic carbocycles. The van der Waals surface area contributed by atoms with Gasteiger partial charge < -0.3 is 0 Å². The highest BCUT2D eigenvalue weighted by molar-refractivity contribution is 6.13. The van der Waals surface area contributed by atoms with Gasteiger partial charge in [0.1, 0.15) is 0 Å². The molecule has 1 aliphatic rings. The molecular formula is C15F12O. The number of hydrogen-bond donors (Lipinski definition) is 0. The van der Waals surface area contributed by atoms with Gasteiger partial charge in [0.15, 0.2) is 52.3 Å². The van der Waals surface area contributed by atoms with E-state index in [4.69, 9.17) is 0 Å². The molecule has 0 amide bonds. The van der Waals surface area contributed by atoms with Crippen LogP contribution in [0, 0.1) is 46.5 Å². The first kappa shape index (κ1) is 20.0. The fraction of sp³-hybridized carbons (Fsp3) is 0.133. The number of carbonyl (C=O) groups is 1. The molecule has 3 rings (SSSR count). The van der Waals surface area contributed by atoms with Gasteiger partial charge in [-0.25, -0.2) is 39.5 Å². The molecule has 0 bridgehead atoms. The van der Waals surface area contributed by atoms with Crippen molar-refractivity contribution in [1.82, 2.24) is 0 Å². The first-order valence-electron chi connectivity index (χ1n) is 6.72. The predicted molar refractivity (Wildman–Crippen MR) is 63.9 cm³/mol. The van der Waals surface area contributed by atoms with E-state index in [9.17, 15) is 53.1 Å². The largest absolute Gasteiger partial charge is 0.431 e. The SMILES string of the molecule is O=C1c2c(F)c(F)c(F)c(F)c2C(F)(C(F)(F)F)c2c(F)c(F)c(F)c(F)c21. The molecule has 0 radical (unpaired) electrons. The molecule has 2 aromatic rings. The number of alkyl halides is 4. The van der Waals surface area contributed by atoms with Crippen LogP contribution in [0.2, 0.25) is 0 Å². The molecule has 0 heterocycles. The van der Waals surface area contributed by atoms with E-state index in [2.05, 4.69) is 0 Å². The molecule has 1 nitrogen and oxygen atoms in total. The lowest BCUT2D eigenvalue weighted by Gasteiger charge is -2.35. The standard InChI is InChI=1S/C15F12O/c16-5-1-3(7(18)11(22)9(5)20)14(24,15(25,26)27)4-2(13(1)28)6(17)10(21)12(23)8(4)19. The zero-order valence-corrected chi connectivity index (χ0v) is 12.4. The molecule has 0 aromatic heterocycles. The zero-order valence-electron chi connectivity index (χ0n) is 12.4. The minimum atomic E-state index is -6.59. The quantitative estimate of drug-likeness (QED) is 0.326. The first-order valence-corrected chi connectivity index (χ1v) is 6.72. The second kappa shape index (κ2) is 5.64. The maximum absolute atomic E-state index is 15.1. The van der Waals surface area contributed by atoms with Gasteiger partial charge in [-0.1, -0.05) is 0 Å². The first-order chi connectivity index (χ1) is 12.7. The van der Waals surface area contributed by atoms with Crippen molar-refractivity contribution < 1.29 is 57.5 Å². The minimum absolute atomic E-state index is 2.49. The maximum Gasteiger partial charge on any atom is 0.431 e. The van der Waals surface area contributed by atoms with E-state index < -0.39 is 86.4 Å². The lowest BCUT2D eigenvalue weighted by molar-refractivity contribution is -0.222. The normalized spacial score (nSPS) is 15.5. The molecule has 0 atom stereocenters. The summed E-state index contributed by atoms with van der Waals surface area (Å²) in [7, 11) is 0. The topological polar surface area (TPSA) is 17.1 Å². The van der Waals surface area contributed by atoms with Crippen LogP contribution >= 0.6 is 0 Å². The number of halogens is 12. The second-order valence-electron chi connectivity index (χ2n) is 5.50. The van der Waals surface area contributed by atoms with Crippen molar-refractivity contribution in [2.75, 3.05) is 0 Å². The van der Waals surface area contributed by atoms with Gasteiger partial charge in [-0.15, -0.1) is 0 Å². The average molecular weight is 424 g/mol. The summed E-state index contributed by atoms with van der Waals surface area (Å²) in [5, 5.41) is 0. The van der Waals surface area contributed by atoms with Crippen LogP contribution in [0.15, 0.2) is 0 Å². The Morgan fingerprint density at radius 2 is 0.821 bits per heavy atom. The monoisotopic (exact) mass is 424 g/mol. The smallest absolute Gasteiger partial charge is 0.288 e. The van der Waals surface area contributed by atoms with E-state index >= 15 is 4.39 Å². The maximum atomic E-state index is 15.1. The Morgan fingerprint density at radius 1 is 0.536 bits per heavy atom. The highest BCUT2D eigenvalue weighted by atomic mass is 19.4. The summed E-state index contributed by atoms with van der Waals surface area (Å²) < 4.78 is 165. The van der Waals surface area contributed by atoms with Crippen molar-refractivity contribution in [1.29, 1.82) is 0 Å². The number of hydrogen-bond acceptors (Lipinski definition) is 1. The summed E-state index contributed by atoms with van der Waals surface area (Å²) in [5.41, 5.74) is -16.5. The van der Waals surface area contributed by atoms with E-state index in [0.717, 1.165) is 0 Å². The Bertz CT molecular complexity index is 995. The van der Waals surface area contributed by atoms with Crippen molar-refractivity contribution in [2.24, 2.45) is 0 Å². The van der Waals surface area contributed by atoms with Gasteiger partial charge in [0.2, 0.25) is 0 Å². The van der Waals surface area contributed by atoms with Gasteiger partial charge in [0.05, 0.1) is 22.3 Å². The lowest BCUT2D eigenvalue weighted by atomic mass is 9.73. The van der Waals surface area contributed by atoms with Gasteiger partial charge in [0, 0.05) is 0 Å². The molecule has 13 heteroatoms. The molecule has 0 saturated heterocycles. The zero-order chi connectivity index (χ0) is 21.5. The van der Waals surface area contributed by atoms with Crippen molar-refractivity contribution in [2.45, 2.75) is 11.8 Å². The summed E-state index contributed by atoms with van der Waals surface area (Å²) in [5.74, 6) is -26.3. The van der Waals surface area contributed by atoms with Crippen LogP contribution in [-0.2, 0) is 5.67 Å². The van der Waals surface area contributed by atoms with Crippen LogP contribution in [0.5, 0.6) is 0 Å². The summed E-state index contributed by atoms with van der Waals surface area (Å²) in [6.45, 7) is 0. The molecule has 150 valence electrons. The number of fused-ring (bicyclic) bond motifs is 2. The van der Waals surface area contributed by atoms with Gasteiger partial charge >= 0.3 is 6.18 Å². The number of rotatable bonds is 0. The molecule has 0 saturated carbocycles. The summed E-state index contributed by atoms with van der Waals surface area (Å²) in [6.07, 6.45) is -6.59. The fourth-order valence-electron chi connectivity index (χ4n) is 2.87. The average Bonchev–Trinajstić information content (AvgIpc) is 2.61. The lowest BCUT2D eigenvalue weighted by Crippen LogP contribution is -2.47. The van der Waals surface area contributed by atoms with Gasteiger partial charge in [-0.3, -0.25) is 4.79 Å². The van der Waals surface area contributed by atoms with E-state index in [1.165, 1.54) is 0 Å². The van der Waals surface area contributed by atoms with Crippen LogP contribution in [0.4, 0.5) is 52.7 Å². The van der Waals surface area contributed by atoms with Crippen molar-refractivity contribution >= 4 is 5.78 Å². The Kier molecular flexibility index (Phi) is 4.03. The molecule has 0 aliphatic heterocycles. The van der Waals surface area contributed by atoms with E-state index in [-0.39, 0.29) is 0 Å². The minimum Gasteiger partial charge on any atom is -0.288 e. The van der Waals surface area contributed by atoms with Crippen LogP contribution in [0.3, 0.4) is 0 Å². The Labute approximate surface area is 145 Å². The predicted octanol–water partition coefficient (Wildman–Crippen LogP) is 5.12. The highest BCUT2D eigenvalue weighted by Crippen LogP contribution is 2.55. The molecule has 0 spiro atoms. The number of benzene rings is 2. The Hall–Kier alpha value is -2.73. The van der Waals surface area contributed by atoms with E-state index in [1.807, 2.05) is 0 Å². The third-order valence-electron chi connectivity index (χ3n) is 4.07. The number of ketones is 1. The van der Waals surface area contributed by atoms with Crippen molar-refractivity contribution in [3.8, 4) is 0 Å². The van der Waals surface area contributed by atoms with Crippen LogP contribution < -0.4 is 0 Å². The molecule has 0 unspecified atom stereocenters. The second-order valence-corrected chi connectivity index (χ2v) is 5.50. The van der Waals surface area contributed by atoms with Crippen molar-refractivity contribution in [3.63, 3.8) is 0 Å². The molecule has 28 heavy (non-hydrogen) atoms. The van der Waals surface area contributed by atoms with E-state index in [1.54, 1.807) is 0 Å². The fourth-order valence-corrected chi connectivity index (χ4v) is 2.87. The van der Waals surface area contributed by atoms with Gasteiger partial charge in [-0.2, -0.15) is 13.2 Å². The van der Waals surface area contributed by atoms with Crippen molar-refractivity contribution in [3.05, 3.63) is 68.8 Å². The Balaban J connectivity index is 2.70. The van der Waals surface area contributed by atoms with Crippen LogP contribution in [-0.4, -0.2) is 12.0 Å². The molecule has 1 aliphatic carbocycles. The molecule has 0 N–H and O–H groups in total. The Morgan fingerprint density at radius 3 is 1.11 bits per heavy atom. The summed E-state index contributed by atoms with van der Waals surface area (Å²) >= 11 is 0. The summed E-state index contributed by atoms with van der Waals surface area (Å²) in [6, 6.07) is 0. The third kappa shape index (κ3) is 2.09. The summed E-state index contributed by atoms with van der Waals surface area (Å²) in [4.78, 5) is 12.1. The van der Waals surface area contributed by atoms with Gasteiger partial charge in [-0.05, 0) is 0 Å². The molecular weight excluding hydrogens is 424 g/mol. The van der Waals surface area contributed by atoms with Crippen LogP contribution in [0.1, 0.15) is 27.0 Å².